The summed E-state index contributed by atoms with van der Waals surface area (Å²) in [4.78, 5) is 28.2. The topological polar surface area (TPSA) is 76.1 Å². The maximum Gasteiger partial charge on any atom is 0.264 e. The minimum absolute atomic E-state index is 0.219. The van der Waals surface area contributed by atoms with E-state index < -0.39 is 11.5 Å². The van der Waals surface area contributed by atoms with Crippen LogP contribution in [-0.2, 0) is 16.9 Å². The van der Waals surface area contributed by atoms with Crippen LogP contribution in [0.1, 0.15) is 27.2 Å². The van der Waals surface area contributed by atoms with Gasteiger partial charge >= 0.3 is 0 Å². The summed E-state index contributed by atoms with van der Waals surface area (Å²) in [5.74, 6) is 0.332. The van der Waals surface area contributed by atoms with Crippen LogP contribution in [0.25, 0.3) is 0 Å². The molecule has 0 radical (unpaired) electrons. The largest absolute Gasteiger partial charge is 0.493 e. The van der Waals surface area contributed by atoms with E-state index in [1.165, 1.54) is 16.2 Å². The second kappa shape index (κ2) is 8.45. The predicted octanol–water partition coefficient (Wildman–Crippen LogP) is 4.54. The fraction of sp³-hybridized carbons (Fsp3) is 0.217. The van der Waals surface area contributed by atoms with Gasteiger partial charge in [0.15, 0.2) is 22.9 Å². The number of rotatable bonds is 7. The van der Waals surface area contributed by atoms with E-state index in [0.29, 0.717) is 27.6 Å². The zero-order valence-electron chi connectivity index (χ0n) is 16.9. The average molecular weight is 502 g/mol. The number of hydrogen-bond acceptors (Lipinski definition) is 6. The van der Waals surface area contributed by atoms with Crippen LogP contribution in [0.2, 0.25) is 0 Å². The lowest BCUT2D eigenvalue weighted by Crippen LogP contribution is -2.41. The van der Waals surface area contributed by atoms with Crippen LogP contribution in [0.15, 0.2) is 58.4 Å². The molecule has 1 aromatic heterocycles. The summed E-state index contributed by atoms with van der Waals surface area (Å²) in [6.45, 7) is 0.219. The smallest absolute Gasteiger partial charge is 0.264 e. The summed E-state index contributed by atoms with van der Waals surface area (Å²) in [6, 6.07) is 15.9. The first-order chi connectivity index (χ1) is 14.9. The lowest BCUT2D eigenvalue weighted by atomic mass is 9.89. The minimum atomic E-state index is -1.92. The van der Waals surface area contributed by atoms with Gasteiger partial charge in [-0.25, -0.2) is 0 Å². The molecule has 2 aromatic carbocycles. The molecular weight excluding hydrogens is 482 g/mol. The Morgan fingerprint density at radius 1 is 1.10 bits per heavy atom. The number of para-hydroxylation sites is 1. The maximum absolute atomic E-state index is 13.4. The highest BCUT2D eigenvalue weighted by atomic mass is 79.9. The van der Waals surface area contributed by atoms with Crippen molar-refractivity contribution in [1.82, 2.24) is 0 Å². The van der Waals surface area contributed by atoms with Crippen molar-refractivity contribution >= 4 is 44.6 Å². The van der Waals surface area contributed by atoms with Gasteiger partial charge in [0.1, 0.15) is 0 Å². The van der Waals surface area contributed by atoms with Gasteiger partial charge < -0.3 is 19.5 Å². The summed E-state index contributed by atoms with van der Waals surface area (Å²) >= 11 is 4.62. The molecule has 0 saturated heterocycles. The normalized spacial score (nSPS) is 17.5. The van der Waals surface area contributed by atoms with Crippen molar-refractivity contribution in [2.45, 2.75) is 18.6 Å². The number of thiophene rings is 1. The molecule has 31 heavy (non-hydrogen) atoms. The summed E-state index contributed by atoms with van der Waals surface area (Å²) in [7, 11) is 3.10. The first kappa shape index (κ1) is 21.5. The van der Waals surface area contributed by atoms with E-state index in [1.807, 2.05) is 6.07 Å². The van der Waals surface area contributed by atoms with E-state index >= 15 is 0 Å². The number of methoxy groups -OCH3 is 2. The minimum Gasteiger partial charge on any atom is -0.493 e. The Balaban J connectivity index is 1.67. The van der Waals surface area contributed by atoms with Gasteiger partial charge in [-0.15, -0.1) is 11.3 Å². The van der Waals surface area contributed by atoms with E-state index in [-0.39, 0.29) is 18.7 Å². The van der Waals surface area contributed by atoms with Crippen LogP contribution in [0.4, 0.5) is 5.69 Å². The lowest BCUT2D eigenvalue weighted by molar-refractivity contribution is -0.136. The molecule has 0 saturated carbocycles. The molecule has 1 amide bonds. The number of nitrogens with zero attached hydrogens (tertiary/aromatic N) is 1. The number of hydrogen-bond donors (Lipinski definition) is 1. The highest BCUT2D eigenvalue weighted by Crippen LogP contribution is 2.44. The number of fused-ring (bicyclic) bond motifs is 1. The molecule has 1 N–H and O–H groups in total. The Kier molecular flexibility index (Phi) is 5.88. The Morgan fingerprint density at radius 3 is 2.52 bits per heavy atom. The molecule has 160 valence electrons. The second-order valence-electron chi connectivity index (χ2n) is 7.16. The Hall–Kier alpha value is -2.68. The van der Waals surface area contributed by atoms with Crippen molar-refractivity contribution in [3.05, 3.63) is 74.4 Å². The number of carbonyl (C=O) groups is 2. The van der Waals surface area contributed by atoms with Crippen LogP contribution in [-0.4, -0.2) is 31.0 Å². The molecule has 0 bridgehead atoms. The monoisotopic (exact) mass is 501 g/mol. The first-order valence-corrected chi connectivity index (χ1v) is 11.1. The lowest BCUT2D eigenvalue weighted by Gasteiger charge is -2.23. The number of Topliss-reactive ketones (excluding diaryl/α,β-unsaturated/α-hetero) is 1. The van der Waals surface area contributed by atoms with Gasteiger partial charge in [-0.3, -0.25) is 9.59 Å². The molecule has 0 spiro atoms. The molecular formula is C23H20BrNO5S. The quantitative estimate of drug-likeness (QED) is 0.481. The average Bonchev–Trinajstić information content (AvgIpc) is 3.30. The van der Waals surface area contributed by atoms with E-state index in [0.717, 1.165) is 9.35 Å². The number of ketones is 1. The first-order valence-electron chi connectivity index (χ1n) is 9.50. The molecule has 8 heteroatoms. The second-order valence-corrected chi connectivity index (χ2v) is 9.62. The van der Waals surface area contributed by atoms with Crippen LogP contribution < -0.4 is 14.4 Å². The van der Waals surface area contributed by atoms with Gasteiger partial charge in [-0.05, 0) is 51.8 Å². The third kappa shape index (κ3) is 3.86. The molecule has 0 aliphatic carbocycles. The van der Waals surface area contributed by atoms with E-state index in [1.54, 1.807) is 62.8 Å². The van der Waals surface area contributed by atoms with Crippen LogP contribution in [0.3, 0.4) is 0 Å². The van der Waals surface area contributed by atoms with Gasteiger partial charge in [0.05, 0.1) is 41.5 Å². The van der Waals surface area contributed by atoms with Crippen molar-refractivity contribution in [2.75, 3.05) is 19.1 Å². The molecule has 1 atom stereocenters. The SMILES string of the molecule is COc1ccc(CN2C(=O)[C@@](O)(CC(=O)c3ccc(Br)s3)c3ccccc32)cc1OC. The van der Waals surface area contributed by atoms with Crippen LogP contribution in [0.5, 0.6) is 11.5 Å². The summed E-state index contributed by atoms with van der Waals surface area (Å²) < 4.78 is 11.4. The third-order valence-electron chi connectivity index (χ3n) is 5.29. The molecule has 0 unspecified atom stereocenters. The maximum atomic E-state index is 13.4. The molecule has 2 heterocycles. The molecule has 1 aliphatic heterocycles. The Morgan fingerprint density at radius 2 is 1.84 bits per heavy atom. The molecule has 1 aliphatic rings. The van der Waals surface area contributed by atoms with Gasteiger partial charge in [-0.2, -0.15) is 0 Å². The fourth-order valence-corrected chi connectivity index (χ4v) is 5.10. The van der Waals surface area contributed by atoms with Gasteiger partial charge in [0.2, 0.25) is 0 Å². The summed E-state index contributed by atoms with van der Waals surface area (Å²) in [5, 5.41) is 11.4. The molecule has 0 fully saturated rings. The highest BCUT2D eigenvalue weighted by Gasteiger charge is 2.50. The standard InChI is InChI=1S/C23H20BrNO5S/c1-29-18-8-7-14(11-19(18)30-2)13-25-16-6-4-3-5-15(16)23(28,22(25)27)12-17(26)20-9-10-21(24)31-20/h3-11,28H,12-13H2,1-2H3/t23-/m1/s1. The Labute approximate surface area is 192 Å². The van der Waals surface area contributed by atoms with Crippen LogP contribution >= 0.6 is 27.3 Å². The number of benzene rings is 2. The third-order valence-corrected chi connectivity index (χ3v) is 6.96. The molecule has 6 nitrogen and oxygen atoms in total. The molecule has 4 rings (SSSR count). The van der Waals surface area contributed by atoms with Crippen molar-refractivity contribution in [2.24, 2.45) is 0 Å². The number of amides is 1. The fourth-order valence-electron chi connectivity index (χ4n) is 3.78. The van der Waals surface area contributed by atoms with Crippen molar-refractivity contribution in [1.29, 1.82) is 0 Å². The summed E-state index contributed by atoms with van der Waals surface area (Å²) in [5.41, 5.74) is -0.0892. The van der Waals surface area contributed by atoms with Gasteiger partial charge in [0.25, 0.3) is 5.91 Å². The van der Waals surface area contributed by atoms with Crippen LogP contribution in [0, 0.1) is 0 Å². The Bertz CT molecular complexity index is 1160. The number of carbonyl (C=O) groups excluding carboxylic acids is 2. The van der Waals surface area contributed by atoms with E-state index in [4.69, 9.17) is 9.47 Å². The number of aliphatic hydroxyl groups is 1. The van der Waals surface area contributed by atoms with Gasteiger partial charge in [0, 0.05) is 5.56 Å². The van der Waals surface area contributed by atoms with Crippen molar-refractivity contribution < 1.29 is 24.2 Å². The zero-order valence-corrected chi connectivity index (χ0v) is 19.3. The number of anilines is 1. The highest BCUT2D eigenvalue weighted by molar-refractivity contribution is 9.11. The number of halogens is 1. The molecule has 3 aromatic rings. The van der Waals surface area contributed by atoms with Crippen molar-refractivity contribution in [3.8, 4) is 11.5 Å². The van der Waals surface area contributed by atoms with Crippen molar-refractivity contribution in [3.63, 3.8) is 0 Å². The van der Waals surface area contributed by atoms with Gasteiger partial charge in [-0.1, -0.05) is 24.3 Å². The van der Waals surface area contributed by atoms with E-state index in [2.05, 4.69) is 15.9 Å². The predicted molar refractivity (Wildman–Crippen MR) is 122 cm³/mol. The van der Waals surface area contributed by atoms with E-state index in [9.17, 15) is 14.7 Å². The summed E-state index contributed by atoms with van der Waals surface area (Å²) in [6.07, 6.45) is -0.321. The zero-order chi connectivity index (χ0) is 22.2. The number of ether oxygens (including phenoxy) is 2.